The van der Waals surface area contributed by atoms with E-state index in [2.05, 4.69) is 30.7 Å². The summed E-state index contributed by atoms with van der Waals surface area (Å²) in [4.78, 5) is 4.20. The maximum absolute atomic E-state index is 4.20. The Morgan fingerprint density at radius 3 is 2.91 bits per heavy atom. The second kappa shape index (κ2) is 7.48. The summed E-state index contributed by atoms with van der Waals surface area (Å²) in [7, 11) is 0. The molecule has 64 valence electrons. The quantitative estimate of drug-likeness (QED) is 0.352. The second-order valence-electron chi connectivity index (χ2n) is 2.59. The van der Waals surface area contributed by atoms with Crippen molar-refractivity contribution in [2.24, 2.45) is 10.9 Å². The van der Waals surface area contributed by atoms with Crippen LogP contribution in [0.3, 0.4) is 0 Å². The summed E-state index contributed by atoms with van der Waals surface area (Å²) in [6, 6.07) is 0. The van der Waals surface area contributed by atoms with E-state index < -0.39 is 0 Å². The van der Waals surface area contributed by atoms with Crippen molar-refractivity contribution < 1.29 is 0 Å². The predicted molar refractivity (Wildman–Crippen MR) is 51.0 cm³/mol. The molecule has 0 amide bonds. The van der Waals surface area contributed by atoms with Gasteiger partial charge in [-0.3, -0.25) is 10.3 Å². The van der Waals surface area contributed by atoms with Crippen LogP contribution in [0.5, 0.6) is 0 Å². The van der Waals surface area contributed by atoms with Crippen LogP contribution in [0.25, 0.3) is 0 Å². The van der Waals surface area contributed by atoms with Gasteiger partial charge in [0.05, 0.1) is 6.67 Å². The van der Waals surface area contributed by atoms with Gasteiger partial charge >= 0.3 is 0 Å². The molecular formula is C9H18N2. The van der Waals surface area contributed by atoms with Crippen molar-refractivity contribution in [2.75, 3.05) is 13.2 Å². The van der Waals surface area contributed by atoms with Crippen LogP contribution < -0.4 is 5.32 Å². The molecule has 11 heavy (non-hydrogen) atoms. The molecule has 0 saturated heterocycles. The topological polar surface area (TPSA) is 24.4 Å². The van der Waals surface area contributed by atoms with E-state index >= 15 is 0 Å². The van der Waals surface area contributed by atoms with Crippen LogP contribution in [0.1, 0.15) is 20.3 Å². The van der Waals surface area contributed by atoms with E-state index in [1.165, 1.54) is 0 Å². The molecule has 0 bridgehead atoms. The molecule has 0 aliphatic carbocycles. The molecule has 0 aromatic heterocycles. The molecule has 0 aliphatic rings. The highest BCUT2D eigenvalue weighted by atomic mass is 15.0. The third-order valence-electron chi connectivity index (χ3n) is 1.35. The predicted octanol–water partition coefficient (Wildman–Crippen LogP) is 1.84. The minimum atomic E-state index is 0.520. The molecule has 2 heteroatoms. The zero-order valence-electron chi connectivity index (χ0n) is 7.51. The summed E-state index contributed by atoms with van der Waals surface area (Å²) in [6.45, 7) is 9.59. The summed E-state index contributed by atoms with van der Waals surface area (Å²) in [6.07, 6.45) is 4.91. The lowest BCUT2D eigenvalue weighted by molar-refractivity contribution is 0.732. The average molecular weight is 154 g/mol. The van der Waals surface area contributed by atoms with Gasteiger partial charge in [0.25, 0.3) is 0 Å². The van der Waals surface area contributed by atoms with Crippen LogP contribution in [0.4, 0.5) is 0 Å². The maximum atomic E-state index is 4.20. The molecule has 1 unspecified atom stereocenters. The molecule has 0 aromatic carbocycles. The van der Waals surface area contributed by atoms with Crippen LogP contribution in [0.2, 0.25) is 0 Å². The molecule has 0 aromatic rings. The van der Waals surface area contributed by atoms with Crippen molar-refractivity contribution in [3.8, 4) is 0 Å². The number of nitrogens with zero attached hydrogens (tertiary/aromatic N) is 1. The fourth-order valence-corrected chi connectivity index (χ4v) is 0.733. The van der Waals surface area contributed by atoms with Crippen molar-refractivity contribution in [2.45, 2.75) is 20.3 Å². The summed E-state index contributed by atoms with van der Waals surface area (Å²) in [5.74, 6) is 0.520. The molecule has 0 spiro atoms. The number of hydrogen-bond donors (Lipinski definition) is 1. The van der Waals surface area contributed by atoms with Crippen LogP contribution >= 0.6 is 0 Å². The molecule has 0 radical (unpaired) electrons. The smallest absolute Gasteiger partial charge is 0.0880 e. The first-order chi connectivity index (χ1) is 5.31. The van der Waals surface area contributed by atoms with E-state index in [0.717, 1.165) is 19.6 Å². The van der Waals surface area contributed by atoms with Gasteiger partial charge in [-0.2, -0.15) is 0 Å². The Labute approximate surface area is 69.4 Å². The lowest BCUT2D eigenvalue weighted by Crippen LogP contribution is -2.12. The highest BCUT2D eigenvalue weighted by Crippen LogP contribution is 1.96. The summed E-state index contributed by atoms with van der Waals surface area (Å²) < 4.78 is 0. The van der Waals surface area contributed by atoms with Gasteiger partial charge in [0.15, 0.2) is 0 Å². The number of allylic oxidation sites excluding steroid dienone is 1. The number of aliphatic imine (C=N–C) groups is 1. The SMILES string of the molecule is C=CCC(C)C=NCNCC. The Morgan fingerprint density at radius 1 is 1.64 bits per heavy atom. The number of rotatable bonds is 6. The highest BCUT2D eigenvalue weighted by molar-refractivity contribution is 5.60. The first-order valence-electron chi connectivity index (χ1n) is 4.12. The molecule has 0 fully saturated rings. The second-order valence-corrected chi connectivity index (χ2v) is 2.59. The van der Waals surface area contributed by atoms with E-state index in [-0.39, 0.29) is 0 Å². The van der Waals surface area contributed by atoms with Crippen molar-refractivity contribution in [3.05, 3.63) is 12.7 Å². The van der Waals surface area contributed by atoms with Gasteiger partial charge in [-0.25, -0.2) is 0 Å². The Morgan fingerprint density at radius 2 is 2.36 bits per heavy atom. The van der Waals surface area contributed by atoms with E-state index in [4.69, 9.17) is 0 Å². The molecular weight excluding hydrogens is 136 g/mol. The Bertz CT molecular complexity index is 119. The Kier molecular flexibility index (Phi) is 7.05. The van der Waals surface area contributed by atoms with Crippen LogP contribution in [0, 0.1) is 5.92 Å². The van der Waals surface area contributed by atoms with Gasteiger partial charge in [-0.05, 0) is 18.9 Å². The average Bonchev–Trinajstić information content (AvgIpc) is 1.99. The van der Waals surface area contributed by atoms with Gasteiger partial charge in [0.2, 0.25) is 0 Å². The fourth-order valence-electron chi connectivity index (χ4n) is 0.733. The minimum Gasteiger partial charge on any atom is -0.299 e. The summed E-state index contributed by atoms with van der Waals surface area (Å²) >= 11 is 0. The number of nitrogens with one attached hydrogen (secondary N) is 1. The molecule has 0 aliphatic heterocycles. The lowest BCUT2D eigenvalue weighted by atomic mass is 10.1. The van der Waals surface area contributed by atoms with Crippen LogP contribution in [0.15, 0.2) is 17.6 Å². The highest BCUT2D eigenvalue weighted by Gasteiger charge is 1.91. The van der Waals surface area contributed by atoms with Crippen molar-refractivity contribution in [1.29, 1.82) is 0 Å². The minimum absolute atomic E-state index is 0.520. The Balaban J connectivity index is 3.31. The van der Waals surface area contributed by atoms with Crippen LogP contribution in [-0.2, 0) is 0 Å². The molecule has 0 rings (SSSR count). The first-order valence-corrected chi connectivity index (χ1v) is 4.12. The van der Waals surface area contributed by atoms with Gasteiger partial charge in [-0.1, -0.05) is 19.9 Å². The van der Waals surface area contributed by atoms with Crippen LogP contribution in [-0.4, -0.2) is 19.4 Å². The molecule has 0 heterocycles. The first kappa shape index (κ1) is 10.4. The molecule has 0 saturated carbocycles. The third-order valence-corrected chi connectivity index (χ3v) is 1.35. The summed E-state index contributed by atoms with van der Waals surface area (Å²) in [5, 5.41) is 3.12. The van der Waals surface area contributed by atoms with E-state index in [1.54, 1.807) is 0 Å². The zero-order chi connectivity index (χ0) is 8.53. The summed E-state index contributed by atoms with van der Waals surface area (Å²) in [5.41, 5.74) is 0. The third kappa shape index (κ3) is 7.26. The van der Waals surface area contributed by atoms with Crippen molar-refractivity contribution in [1.82, 2.24) is 5.32 Å². The zero-order valence-corrected chi connectivity index (χ0v) is 7.51. The van der Waals surface area contributed by atoms with Crippen molar-refractivity contribution in [3.63, 3.8) is 0 Å². The fraction of sp³-hybridized carbons (Fsp3) is 0.667. The Hall–Kier alpha value is -0.630. The largest absolute Gasteiger partial charge is 0.299 e. The maximum Gasteiger partial charge on any atom is 0.0880 e. The number of hydrogen-bond acceptors (Lipinski definition) is 2. The van der Waals surface area contributed by atoms with Crippen molar-refractivity contribution >= 4 is 6.21 Å². The van der Waals surface area contributed by atoms with E-state index in [9.17, 15) is 0 Å². The van der Waals surface area contributed by atoms with Gasteiger partial charge in [-0.15, -0.1) is 6.58 Å². The van der Waals surface area contributed by atoms with Gasteiger partial charge in [0, 0.05) is 6.21 Å². The monoisotopic (exact) mass is 154 g/mol. The molecule has 1 atom stereocenters. The van der Waals surface area contributed by atoms with Gasteiger partial charge < -0.3 is 0 Å². The lowest BCUT2D eigenvalue weighted by Gasteiger charge is -1.99. The van der Waals surface area contributed by atoms with E-state index in [0.29, 0.717) is 5.92 Å². The standard InChI is InChI=1S/C9H18N2/c1-4-6-9(3)7-11-8-10-5-2/h4,7,9-10H,1,5-6,8H2,2-3H3. The normalized spacial score (nSPS) is 13.6. The molecule has 1 N–H and O–H groups in total. The van der Waals surface area contributed by atoms with Gasteiger partial charge in [0.1, 0.15) is 0 Å². The molecule has 2 nitrogen and oxygen atoms in total. The van der Waals surface area contributed by atoms with E-state index in [1.807, 2.05) is 12.3 Å².